The Bertz CT molecular complexity index is 636. The number of benzene rings is 1. The van der Waals surface area contributed by atoms with Gasteiger partial charge < -0.3 is 9.64 Å². The van der Waals surface area contributed by atoms with Crippen LogP contribution in [-0.2, 0) is 11.3 Å². The van der Waals surface area contributed by atoms with Gasteiger partial charge in [-0.05, 0) is 31.0 Å². The van der Waals surface area contributed by atoms with Crippen LogP contribution < -0.4 is 10.1 Å². The Morgan fingerprint density at radius 1 is 1.43 bits per heavy atom. The molecule has 2 rings (SSSR count). The van der Waals surface area contributed by atoms with E-state index in [1.165, 1.54) is 12.0 Å². The summed E-state index contributed by atoms with van der Waals surface area (Å²) in [7, 11) is 1.49. The summed E-state index contributed by atoms with van der Waals surface area (Å²) in [5, 5.41) is 11.3. The molecule has 1 atom stereocenters. The van der Waals surface area contributed by atoms with Gasteiger partial charge >= 0.3 is 6.03 Å². The van der Waals surface area contributed by atoms with E-state index in [-0.39, 0.29) is 12.5 Å². The topological polar surface area (TPSA) is 82.4 Å². The molecule has 1 unspecified atom stereocenters. The zero-order chi connectivity index (χ0) is 15.6. The van der Waals surface area contributed by atoms with Crippen LogP contribution in [-0.4, -0.2) is 29.5 Å². The number of nitrogens with one attached hydrogen (secondary N) is 1. The number of ether oxygens (including phenoxy) is 1. The molecule has 0 radical (unpaired) electrons. The van der Waals surface area contributed by atoms with Crippen LogP contribution in [0.25, 0.3) is 0 Å². The van der Waals surface area contributed by atoms with Crippen LogP contribution >= 0.6 is 0 Å². The number of carbonyl (C=O) groups excluding carboxylic acids is 2. The van der Waals surface area contributed by atoms with Gasteiger partial charge in [0.15, 0.2) is 0 Å². The largest absolute Gasteiger partial charge is 0.495 e. The Morgan fingerprint density at radius 2 is 2.14 bits per heavy atom. The van der Waals surface area contributed by atoms with Crippen LogP contribution in [0, 0.1) is 11.3 Å². The molecule has 0 aromatic heterocycles. The van der Waals surface area contributed by atoms with Crippen molar-refractivity contribution in [2.24, 2.45) is 0 Å². The highest BCUT2D eigenvalue weighted by molar-refractivity contribution is 6.06. The lowest BCUT2D eigenvalue weighted by molar-refractivity contribution is -0.126. The maximum absolute atomic E-state index is 12.0. The molecule has 110 valence electrons. The first kappa shape index (κ1) is 14.9. The minimum atomic E-state index is -0.849. The maximum atomic E-state index is 12.0. The third-order valence-electron chi connectivity index (χ3n) is 3.97. The number of amides is 3. The van der Waals surface area contributed by atoms with Crippen LogP contribution in [0.15, 0.2) is 18.2 Å². The number of hydrogen-bond donors (Lipinski definition) is 1. The van der Waals surface area contributed by atoms with Gasteiger partial charge in [-0.1, -0.05) is 13.0 Å². The number of hydrogen-bond acceptors (Lipinski definition) is 4. The molecule has 0 saturated carbocycles. The molecule has 1 saturated heterocycles. The summed E-state index contributed by atoms with van der Waals surface area (Å²) in [5.41, 5.74) is 0.384. The van der Waals surface area contributed by atoms with Gasteiger partial charge in [-0.2, -0.15) is 5.26 Å². The highest BCUT2D eigenvalue weighted by Gasteiger charge is 2.47. The van der Waals surface area contributed by atoms with Gasteiger partial charge in [0.05, 0.1) is 12.7 Å². The lowest BCUT2D eigenvalue weighted by Gasteiger charge is -2.30. The van der Waals surface area contributed by atoms with Crippen LogP contribution in [0.2, 0.25) is 0 Å². The van der Waals surface area contributed by atoms with Crippen LogP contribution in [0.3, 0.4) is 0 Å². The van der Waals surface area contributed by atoms with Crippen molar-refractivity contribution in [2.45, 2.75) is 32.4 Å². The van der Waals surface area contributed by atoms with Crippen molar-refractivity contribution < 1.29 is 14.3 Å². The van der Waals surface area contributed by atoms with Crippen LogP contribution in [0.1, 0.15) is 31.4 Å². The average molecular weight is 287 g/mol. The number of methoxy groups -OCH3 is 1. The highest BCUT2D eigenvalue weighted by atomic mass is 16.5. The summed E-state index contributed by atoms with van der Waals surface area (Å²) in [4.78, 5) is 25.4. The molecular formula is C15H17N3O3. The van der Waals surface area contributed by atoms with E-state index in [9.17, 15) is 9.59 Å². The first-order valence-corrected chi connectivity index (χ1v) is 6.66. The number of urea groups is 1. The van der Waals surface area contributed by atoms with E-state index >= 15 is 0 Å². The summed E-state index contributed by atoms with van der Waals surface area (Å²) < 4.78 is 5.16. The Kier molecular flexibility index (Phi) is 3.85. The van der Waals surface area contributed by atoms with Gasteiger partial charge in [0.2, 0.25) is 0 Å². The zero-order valence-electron chi connectivity index (χ0n) is 12.3. The van der Waals surface area contributed by atoms with E-state index in [4.69, 9.17) is 10.00 Å². The highest BCUT2D eigenvalue weighted by Crippen LogP contribution is 2.28. The molecule has 1 aromatic carbocycles. The first-order chi connectivity index (χ1) is 9.96. The van der Waals surface area contributed by atoms with E-state index in [2.05, 4.69) is 5.32 Å². The Morgan fingerprint density at radius 3 is 2.71 bits per heavy atom. The molecular weight excluding hydrogens is 270 g/mol. The standard InChI is InChI=1S/C15H17N3O3/c1-4-15(2)13(19)17-14(20)18(15)9-10-5-6-11(8-16)12(7-10)21-3/h5-7H,4,9H2,1-3H3,(H,17,19,20). The summed E-state index contributed by atoms with van der Waals surface area (Å²) in [6.07, 6.45) is 0.526. The van der Waals surface area contributed by atoms with E-state index in [0.717, 1.165) is 5.56 Å². The van der Waals surface area contributed by atoms with Crippen molar-refractivity contribution in [3.63, 3.8) is 0 Å². The van der Waals surface area contributed by atoms with Gasteiger partial charge in [-0.25, -0.2) is 4.79 Å². The van der Waals surface area contributed by atoms with Crippen LogP contribution in [0.4, 0.5) is 4.79 Å². The van der Waals surface area contributed by atoms with Gasteiger partial charge in [-0.3, -0.25) is 10.1 Å². The molecule has 1 fully saturated rings. The molecule has 1 aliphatic rings. The fourth-order valence-corrected chi connectivity index (χ4v) is 2.35. The second-order valence-corrected chi connectivity index (χ2v) is 5.12. The third kappa shape index (κ3) is 2.42. The van der Waals surface area contributed by atoms with Crippen molar-refractivity contribution in [3.05, 3.63) is 29.3 Å². The molecule has 1 heterocycles. The number of carbonyl (C=O) groups is 2. The van der Waals surface area contributed by atoms with Gasteiger partial charge in [0.25, 0.3) is 5.91 Å². The summed E-state index contributed by atoms with van der Waals surface area (Å²) in [6.45, 7) is 3.89. The first-order valence-electron chi connectivity index (χ1n) is 6.66. The number of imide groups is 1. The summed E-state index contributed by atoms with van der Waals surface area (Å²) >= 11 is 0. The molecule has 1 aliphatic heterocycles. The van der Waals surface area contributed by atoms with Gasteiger partial charge in [0, 0.05) is 6.54 Å². The quantitative estimate of drug-likeness (QED) is 0.856. The summed E-state index contributed by atoms with van der Waals surface area (Å²) in [6, 6.07) is 6.76. The van der Waals surface area contributed by atoms with E-state index < -0.39 is 11.6 Å². The molecule has 0 bridgehead atoms. The molecule has 6 nitrogen and oxygen atoms in total. The Labute approximate surface area is 123 Å². The maximum Gasteiger partial charge on any atom is 0.325 e. The van der Waals surface area contributed by atoms with Crippen molar-refractivity contribution >= 4 is 11.9 Å². The SMILES string of the molecule is CCC1(C)C(=O)NC(=O)N1Cc1ccc(C#N)c(OC)c1. The monoisotopic (exact) mass is 287 g/mol. The molecule has 0 aliphatic carbocycles. The Hall–Kier alpha value is -2.55. The second-order valence-electron chi connectivity index (χ2n) is 5.12. The predicted molar refractivity (Wildman–Crippen MR) is 75.5 cm³/mol. The second kappa shape index (κ2) is 5.44. The average Bonchev–Trinajstić information content (AvgIpc) is 2.71. The molecule has 1 N–H and O–H groups in total. The smallest absolute Gasteiger partial charge is 0.325 e. The van der Waals surface area contributed by atoms with Crippen molar-refractivity contribution in [1.82, 2.24) is 10.2 Å². The molecule has 6 heteroatoms. The van der Waals surface area contributed by atoms with Gasteiger partial charge in [0.1, 0.15) is 17.4 Å². The lowest BCUT2D eigenvalue weighted by Crippen LogP contribution is -2.45. The molecule has 21 heavy (non-hydrogen) atoms. The van der Waals surface area contributed by atoms with Crippen molar-refractivity contribution in [1.29, 1.82) is 5.26 Å². The van der Waals surface area contributed by atoms with E-state index in [1.807, 2.05) is 13.0 Å². The van der Waals surface area contributed by atoms with Crippen molar-refractivity contribution in [3.8, 4) is 11.8 Å². The molecule has 1 aromatic rings. The van der Waals surface area contributed by atoms with Crippen LogP contribution in [0.5, 0.6) is 5.75 Å². The summed E-state index contributed by atoms with van der Waals surface area (Å²) in [5.74, 6) is 0.176. The van der Waals surface area contributed by atoms with E-state index in [0.29, 0.717) is 17.7 Å². The lowest BCUT2D eigenvalue weighted by atomic mass is 9.96. The molecule has 3 amide bonds. The minimum absolute atomic E-state index is 0.282. The zero-order valence-corrected chi connectivity index (χ0v) is 12.3. The van der Waals surface area contributed by atoms with Crippen molar-refractivity contribution in [2.75, 3.05) is 7.11 Å². The predicted octanol–water partition coefficient (Wildman–Crippen LogP) is 1.79. The normalized spacial score (nSPS) is 21.1. The molecule has 0 spiro atoms. The number of nitriles is 1. The fraction of sp³-hybridized carbons (Fsp3) is 0.400. The number of nitrogens with zero attached hydrogens (tertiary/aromatic N) is 2. The minimum Gasteiger partial charge on any atom is -0.495 e. The third-order valence-corrected chi connectivity index (χ3v) is 3.97. The van der Waals surface area contributed by atoms with E-state index in [1.54, 1.807) is 25.1 Å². The Balaban J connectivity index is 2.31. The van der Waals surface area contributed by atoms with Gasteiger partial charge in [-0.15, -0.1) is 0 Å². The number of rotatable bonds is 4. The fourth-order valence-electron chi connectivity index (χ4n) is 2.35.